The Hall–Kier alpha value is -1.95. The van der Waals surface area contributed by atoms with Crippen LogP contribution in [-0.4, -0.2) is 11.0 Å². The highest BCUT2D eigenvalue weighted by Crippen LogP contribution is 2.30. The van der Waals surface area contributed by atoms with Gasteiger partial charge in [-0.3, -0.25) is 5.32 Å². The van der Waals surface area contributed by atoms with Gasteiger partial charge in [0.15, 0.2) is 5.13 Å². The summed E-state index contributed by atoms with van der Waals surface area (Å²) in [4.78, 5) is 17.2. The average Bonchev–Trinajstić information content (AvgIpc) is 2.83. The van der Waals surface area contributed by atoms with Gasteiger partial charge in [-0.15, -0.1) is 11.3 Å². The average molecular weight is 305 g/mol. The molecule has 21 heavy (non-hydrogen) atoms. The van der Waals surface area contributed by atoms with Gasteiger partial charge in [-0.2, -0.15) is 0 Å². The lowest BCUT2D eigenvalue weighted by Gasteiger charge is -2.26. The summed E-state index contributed by atoms with van der Waals surface area (Å²) in [6.45, 7) is 1.94. The second kappa shape index (κ2) is 5.81. The third kappa shape index (κ3) is 3.21. The molecule has 0 saturated carbocycles. The number of carbonyl (C=O) groups excluding carboxylic acids is 1. The molecule has 1 aliphatic carbocycles. The van der Waals surface area contributed by atoms with E-state index >= 15 is 0 Å². The minimum atomic E-state index is -0.272. The molecule has 1 heterocycles. The molecule has 1 aromatic carbocycles. The van der Waals surface area contributed by atoms with Gasteiger partial charge < -0.3 is 5.32 Å². The van der Waals surface area contributed by atoms with Crippen LogP contribution in [0.4, 0.5) is 14.3 Å². The molecule has 2 aromatic rings. The first-order valence-corrected chi connectivity index (χ1v) is 7.72. The maximum Gasteiger partial charge on any atom is 0.321 e. The van der Waals surface area contributed by atoms with Gasteiger partial charge in [-0.25, -0.2) is 14.2 Å². The predicted molar refractivity (Wildman–Crippen MR) is 81.1 cm³/mol. The zero-order valence-electron chi connectivity index (χ0n) is 11.6. The molecule has 1 atom stereocenters. The number of hydrogen-bond donors (Lipinski definition) is 2. The van der Waals surface area contributed by atoms with Crippen molar-refractivity contribution in [3.05, 3.63) is 46.2 Å². The lowest BCUT2D eigenvalue weighted by atomic mass is 9.88. The van der Waals surface area contributed by atoms with E-state index in [0.717, 1.165) is 35.3 Å². The van der Waals surface area contributed by atoms with Crippen molar-refractivity contribution in [3.8, 4) is 0 Å². The largest absolute Gasteiger partial charge is 0.331 e. The fraction of sp³-hybridized carbons (Fsp3) is 0.333. The van der Waals surface area contributed by atoms with E-state index in [1.54, 1.807) is 18.3 Å². The summed E-state index contributed by atoms with van der Waals surface area (Å²) in [5.41, 5.74) is 1.99. The minimum absolute atomic E-state index is 0.0737. The molecule has 0 fully saturated rings. The first kappa shape index (κ1) is 14.0. The van der Waals surface area contributed by atoms with Crippen LogP contribution in [0.3, 0.4) is 0 Å². The van der Waals surface area contributed by atoms with Crippen molar-refractivity contribution in [1.29, 1.82) is 0 Å². The highest BCUT2D eigenvalue weighted by molar-refractivity contribution is 7.15. The van der Waals surface area contributed by atoms with Crippen LogP contribution in [0.25, 0.3) is 0 Å². The number of aryl methyl sites for hydroxylation is 2. The molecular weight excluding hydrogens is 289 g/mol. The normalized spacial score (nSPS) is 17.1. The SMILES string of the molecule is Cc1cnc(NC(=O)N[C@H]2CCCc3cc(F)ccc32)s1. The second-order valence-corrected chi connectivity index (χ2v) is 6.40. The fourth-order valence-corrected chi connectivity index (χ4v) is 3.30. The van der Waals surface area contributed by atoms with Crippen LogP contribution in [0.5, 0.6) is 0 Å². The number of thiazole rings is 1. The molecule has 6 heteroatoms. The number of nitrogens with zero attached hydrogens (tertiary/aromatic N) is 1. The van der Waals surface area contributed by atoms with Crippen molar-refractivity contribution >= 4 is 22.5 Å². The van der Waals surface area contributed by atoms with E-state index in [1.807, 2.05) is 6.92 Å². The first-order valence-electron chi connectivity index (χ1n) is 6.90. The molecular formula is C15H16FN3OS. The molecule has 0 saturated heterocycles. The number of rotatable bonds is 2. The Morgan fingerprint density at radius 2 is 2.33 bits per heavy atom. The van der Waals surface area contributed by atoms with Crippen LogP contribution < -0.4 is 10.6 Å². The van der Waals surface area contributed by atoms with E-state index in [1.165, 1.54) is 17.4 Å². The van der Waals surface area contributed by atoms with E-state index in [4.69, 9.17) is 0 Å². The highest BCUT2D eigenvalue weighted by Gasteiger charge is 2.22. The van der Waals surface area contributed by atoms with Crippen LogP contribution in [0.2, 0.25) is 0 Å². The Bertz CT molecular complexity index is 671. The van der Waals surface area contributed by atoms with E-state index in [0.29, 0.717) is 5.13 Å². The number of anilines is 1. The first-order chi connectivity index (χ1) is 10.1. The Morgan fingerprint density at radius 3 is 3.10 bits per heavy atom. The van der Waals surface area contributed by atoms with Crippen LogP contribution in [0.1, 0.15) is 34.9 Å². The summed E-state index contributed by atoms with van der Waals surface area (Å²) >= 11 is 1.43. The van der Waals surface area contributed by atoms with Crippen molar-refractivity contribution in [3.63, 3.8) is 0 Å². The Balaban J connectivity index is 1.70. The third-order valence-electron chi connectivity index (χ3n) is 3.57. The molecule has 1 aromatic heterocycles. The zero-order chi connectivity index (χ0) is 14.8. The van der Waals surface area contributed by atoms with Crippen molar-refractivity contribution < 1.29 is 9.18 Å². The predicted octanol–water partition coefficient (Wildman–Crippen LogP) is 3.79. The van der Waals surface area contributed by atoms with E-state index in [2.05, 4.69) is 15.6 Å². The molecule has 3 rings (SSSR count). The molecule has 0 bridgehead atoms. The number of urea groups is 1. The van der Waals surface area contributed by atoms with Gasteiger partial charge in [0.2, 0.25) is 0 Å². The minimum Gasteiger partial charge on any atom is -0.331 e. The Morgan fingerprint density at radius 1 is 1.48 bits per heavy atom. The smallest absolute Gasteiger partial charge is 0.321 e. The molecule has 110 valence electrons. The van der Waals surface area contributed by atoms with Crippen LogP contribution in [0.15, 0.2) is 24.4 Å². The molecule has 0 unspecified atom stereocenters. The van der Waals surface area contributed by atoms with Gasteiger partial charge in [0.25, 0.3) is 0 Å². The molecule has 2 amide bonds. The number of nitrogens with one attached hydrogen (secondary N) is 2. The van der Waals surface area contributed by atoms with Gasteiger partial charge in [-0.1, -0.05) is 6.07 Å². The van der Waals surface area contributed by atoms with Crippen LogP contribution >= 0.6 is 11.3 Å². The summed E-state index contributed by atoms with van der Waals surface area (Å²) in [6.07, 6.45) is 4.39. The summed E-state index contributed by atoms with van der Waals surface area (Å²) in [7, 11) is 0. The quantitative estimate of drug-likeness (QED) is 0.887. The fourth-order valence-electron chi connectivity index (χ4n) is 2.64. The number of amides is 2. The Labute approximate surface area is 126 Å². The van der Waals surface area contributed by atoms with Gasteiger partial charge >= 0.3 is 6.03 Å². The maximum absolute atomic E-state index is 13.3. The van der Waals surface area contributed by atoms with E-state index in [-0.39, 0.29) is 17.9 Å². The molecule has 2 N–H and O–H groups in total. The van der Waals surface area contributed by atoms with Crippen molar-refractivity contribution in [2.24, 2.45) is 0 Å². The number of hydrogen-bond acceptors (Lipinski definition) is 3. The molecule has 0 radical (unpaired) electrons. The number of halogens is 1. The van der Waals surface area contributed by atoms with Crippen molar-refractivity contribution in [2.75, 3.05) is 5.32 Å². The third-order valence-corrected chi connectivity index (χ3v) is 4.39. The Kier molecular flexibility index (Phi) is 3.88. The van der Waals surface area contributed by atoms with Gasteiger partial charge in [0.1, 0.15) is 5.82 Å². The molecule has 0 spiro atoms. The maximum atomic E-state index is 13.3. The second-order valence-electron chi connectivity index (χ2n) is 5.16. The monoisotopic (exact) mass is 305 g/mol. The van der Waals surface area contributed by atoms with Crippen molar-refractivity contribution in [1.82, 2.24) is 10.3 Å². The standard InChI is InChI=1S/C15H16FN3OS/c1-9-8-17-15(21-9)19-14(20)18-13-4-2-3-10-7-11(16)5-6-12(10)13/h5-8,13H,2-4H2,1H3,(H2,17,18,19,20)/t13-/m0/s1. The van der Waals surface area contributed by atoms with Gasteiger partial charge in [0, 0.05) is 11.1 Å². The van der Waals surface area contributed by atoms with Gasteiger partial charge in [0.05, 0.1) is 6.04 Å². The van der Waals surface area contributed by atoms with Crippen LogP contribution in [-0.2, 0) is 6.42 Å². The van der Waals surface area contributed by atoms with Crippen molar-refractivity contribution in [2.45, 2.75) is 32.2 Å². The number of carbonyl (C=O) groups is 1. The summed E-state index contributed by atoms with van der Waals surface area (Å²) in [6, 6.07) is 4.43. The number of fused-ring (bicyclic) bond motifs is 1. The zero-order valence-corrected chi connectivity index (χ0v) is 12.5. The van der Waals surface area contributed by atoms with Crippen LogP contribution in [0, 0.1) is 12.7 Å². The van der Waals surface area contributed by atoms with Gasteiger partial charge in [-0.05, 0) is 49.4 Å². The lowest BCUT2D eigenvalue weighted by molar-refractivity contribution is 0.247. The lowest BCUT2D eigenvalue weighted by Crippen LogP contribution is -2.34. The number of aromatic nitrogens is 1. The topological polar surface area (TPSA) is 54.0 Å². The molecule has 4 nitrogen and oxygen atoms in total. The number of benzene rings is 1. The van der Waals surface area contributed by atoms with E-state index < -0.39 is 0 Å². The summed E-state index contributed by atoms with van der Waals surface area (Å²) < 4.78 is 13.3. The highest BCUT2D eigenvalue weighted by atomic mass is 32.1. The molecule has 0 aliphatic heterocycles. The van der Waals surface area contributed by atoms with E-state index in [9.17, 15) is 9.18 Å². The summed E-state index contributed by atoms with van der Waals surface area (Å²) in [5, 5.41) is 6.27. The molecule has 1 aliphatic rings. The summed E-state index contributed by atoms with van der Waals surface area (Å²) in [5.74, 6) is -0.225.